The van der Waals surface area contributed by atoms with Crippen molar-refractivity contribution in [3.8, 4) is 0 Å². The van der Waals surface area contributed by atoms with Gasteiger partial charge in [-0.3, -0.25) is 0 Å². The van der Waals surface area contributed by atoms with E-state index in [4.69, 9.17) is 17.3 Å². The van der Waals surface area contributed by atoms with Crippen molar-refractivity contribution >= 4 is 33.2 Å². The van der Waals surface area contributed by atoms with Crippen LogP contribution in [-0.2, 0) is 0 Å². The fourth-order valence-corrected chi connectivity index (χ4v) is 3.68. The van der Waals surface area contributed by atoms with Crippen molar-refractivity contribution in [1.82, 2.24) is 0 Å². The molecule has 1 saturated carbocycles. The molecule has 0 aromatic heterocycles. The van der Waals surface area contributed by atoms with E-state index in [0.717, 1.165) is 33.9 Å². The van der Waals surface area contributed by atoms with Gasteiger partial charge in [0.2, 0.25) is 0 Å². The minimum atomic E-state index is 0.0531. The lowest BCUT2D eigenvalue weighted by atomic mass is 9.75. The molecule has 2 nitrogen and oxygen atoms in total. The van der Waals surface area contributed by atoms with Crippen molar-refractivity contribution in [3.63, 3.8) is 0 Å². The Bertz CT molecular complexity index is 442. The minimum Gasteiger partial charge on any atom is -0.378 e. The number of rotatable bonds is 5. The standard InChI is InChI=1S/C16H24BrClN2/c1-2-3-12-6-8-16(11-19,9-7-12)20-13-4-5-15(18)14(17)10-13/h4-5,10,12,20H,2-3,6-9,11,19H2,1H3. The lowest BCUT2D eigenvalue weighted by Gasteiger charge is -2.41. The van der Waals surface area contributed by atoms with Gasteiger partial charge >= 0.3 is 0 Å². The van der Waals surface area contributed by atoms with Crippen molar-refractivity contribution in [2.24, 2.45) is 11.7 Å². The van der Waals surface area contributed by atoms with Crippen molar-refractivity contribution in [3.05, 3.63) is 27.7 Å². The van der Waals surface area contributed by atoms with Gasteiger partial charge in [-0.1, -0.05) is 31.4 Å². The smallest absolute Gasteiger partial charge is 0.0549 e. The summed E-state index contributed by atoms with van der Waals surface area (Å²) in [5, 5.41) is 4.40. The highest BCUT2D eigenvalue weighted by atomic mass is 79.9. The van der Waals surface area contributed by atoms with E-state index in [0.29, 0.717) is 6.54 Å². The summed E-state index contributed by atoms with van der Waals surface area (Å²) in [6.45, 7) is 2.96. The van der Waals surface area contributed by atoms with E-state index < -0.39 is 0 Å². The number of hydrogen-bond donors (Lipinski definition) is 2. The lowest BCUT2D eigenvalue weighted by Crippen LogP contribution is -2.48. The molecule has 0 bridgehead atoms. The molecule has 1 fully saturated rings. The molecular weight excluding hydrogens is 336 g/mol. The third-order valence-electron chi connectivity index (χ3n) is 4.48. The Morgan fingerprint density at radius 3 is 2.65 bits per heavy atom. The predicted molar refractivity (Wildman–Crippen MR) is 91.4 cm³/mol. The van der Waals surface area contributed by atoms with Crippen LogP contribution in [0.2, 0.25) is 5.02 Å². The maximum atomic E-state index is 6.07. The first-order valence-corrected chi connectivity index (χ1v) is 8.69. The topological polar surface area (TPSA) is 38.0 Å². The Balaban J connectivity index is 2.03. The zero-order valence-corrected chi connectivity index (χ0v) is 14.4. The van der Waals surface area contributed by atoms with Crippen LogP contribution >= 0.6 is 27.5 Å². The normalized spacial score (nSPS) is 26.5. The summed E-state index contributed by atoms with van der Waals surface area (Å²) < 4.78 is 0.927. The average molecular weight is 360 g/mol. The number of nitrogens with one attached hydrogen (secondary N) is 1. The fourth-order valence-electron chi connectivity index (χ4n) is 3.19. The maximum Gasteiger partial charge on any atom is 0.0549 e. The predicted octanol–water partition coefficient (Wildman–Crippen LogP) is 5.20. The van der Waals surface area contributed by atoms with Crippen molar-refractivity contribution in [1.29, 1.82) is 0 Å². The summed E-state index contributed by atoms with van der Waals surface area (Å²) >= 11 is 9.52. The Hall–Kier alpha value is -0.250. The number of anilines is 1. The fraction of sp³-hybridized carbons (Fsp3) is 0.625. The van der Waals surface area contributed by atoms with Gasteiger partial charge < -0.3 is 11.1 Å². The van der Waals surface area contributed by atoms with Crippen LogP contribution in [0, 0.1) is 5.92 Å². The molecule has 112 valence electrons. The van der Waals surface area contributed by atoms with Gasteiger partial charge in [0, 0.05) is 22.2 Å². The van der Waals surface area contributed by atoms with Gasteiger partial charge in [-0.2, -0.15) is 0 Å². The second-order valence-electron chi connectivity index (χ2n) is 5.97. The molecule has 3 N–H and O–H groups in total. The number of hydrogen-bond acceptors (Lipinski definition) is 2. The van der Waals surface area contributed by atoms with E-state index in [1.54, 1.807) is 0 Å². The van der Waals surface area contributed by atoms with Crippen LogP contribution in [0.4, 0.5) is 5.69 Å². The highest BCUT2D eigenvalue weighted by molar-refractivity contribution is 9.10. The van der Waals surface area contributed by atoms with E-state index in [1.807, 2.05) is 18.2 Å². The van der Waals surface area contributed by atoms with Gasteiger partial charge in [-0.15, -0.1) is 0 Å². The molecule has 0 radical (unpaired) electrons. The summed E-state index contributed by atoms with van der Waals surface area (Å²) in [6.07, 6.45) is 7.54. The van der Waals surface area contributed by atoms with E-state index in [1.165, 1.54) is 25.7 Å². The van der Waals surface area contributed by atoms with E-state index in [9.17, 15) is 0 Å². The highest BCUT2D eigenvalue weighted by Gasteiger charge is 2.33. The van der Waals surface area contributed by atoms with Crippen LogP contribution in [-0.4, -0.2) is 12.1 Å². The largest absolute Gasteiger partial charge is 0.378 e. The first-order valence-electron chi connectivity index (χ1n) is 7.52. The molecule has 0 unspecified atom stereocenters. The molecule has 0 heterocycles. The van der Waals surface area contributed by atoms with Gasteiger partial charge in [-0.25, -0.2) is 0 Å². The minimum absolute atomic E-state index is 0.0531. The van der Waals surface area contributed by atoms with Gasteiger partial charge in [0.15, 0.2) is 0 Å². The molecule has 4 heteroatoms. The Kier molecular flexibility index (Phi) is 5.76. The molecule has 1 aliphatic rings. The first-order chi connectivity index (χ1) is 9.58. The molecule has 0 amide bonds. The van der Waals surface area contributed by atoms with E-state index in [-0.39, 0.29) is 5.54 Å². The molecule has 1 aromatic carbocycles. The monoisotopic (exact) mass is 358 g/mol. The van der Waals surface area contributed by atoms with Crippen molar-refractivity contribution < 1.29 is 0 Å². The van der Waals surface area contributed by atoms with Crippen molar-refractivity contribution in [2.45, 2.75) is 51.0 Å². The summed E-state index contributed by atoms with van der Waals surface area (Å²) in [5.41, 5.74) is 7.22. The quantitative estimate of drug-likeness (QED) is 0.758. The third-order valence-corrected chi connectivity index (χ3v) is 5.69. The highest BCUT2D eigenvalue weighted by Crippen LogP contribution is 2.37. The van der Waals surface area contributed by atoms with E-state index >= 15 is 0 Å². The molecule has 20 heavy (non-hydrogen) atoms. The van der Waals surface area contributed by atoms with Gasteiger partial charge in [-0.05, 0) is 65.7 Å². The van der Waals surface area contributed by atoms with Gasteiger partial charge in [0.1, 0.15) is 0 Å². The zero-order valence-electron chi connectivity index (χ0n) is 12.1. The Morgan fingerprint density at radius 2 is 2.10 bits per heavy atom. The van der Waals surface area contributed by atoms with Crippen LogP contribution < -0.4 is 11.1 Å². The maximum absolute atomic E-state index is 6.07. The van der Waals surface area contributed by atoms with E-state index in [2.05, 4.69) is 28.2 Å². The third kappa shape index (κ3) is 3.90. The molecule has 0 saturated heterocycles. The van der Waals surface area contributed by atoms with Crippen LogP contribution in [0.25, 0.3) is 0 Å². The summed E-state index contributed by atoms with van der Waals surface area (Å²) in [6, 6.07) is 5.99. The number of nitrogens with two attached hydrogens (primary N) is 1. The molecule has 1 aliphatic carbocycles. The second kappa shape index (κ2) is 7.15. The molecule has 2 rings (SSSR count). The molecule has 1 aromatic rings. The SMILES string of the molecule is CCCC1CCC(CN)(Nc2ccc(Cl)c(Br)c2)CC1. The Morgan fingerprint density at radius 1 is 1.40 bits per heavy atom. The van der Waals surface area contributed by atoms with Crippen LogP contribution in [0.3, 0.4) is 0 Å². The molecule has 0 spiro atoms. The van der Waals surface area contributed by atoms with Gasteiger partial charge in [0.25, 0.3) is 0 Å². The number of benzene rings is 1. The van der Waals surface area contributed by atoms with Crippen LogP contribution in [0.5, 0.6) is 0 Å². The summed E-state index contributed by atoms with van der Waals surface area (Å²) in [4.78, 5) is 0. The zero-order chi connectivity index (χ0) is 14.6. The van der Waals surface area contributed by atoms with Gasteiger partial charge in [0.05, 0.1) is 5.02 Å². The number of halogens is 2. The summed E-state index contributed by atoms with van der Waals surface area (Å²) in [7, 11) is 0. The Labute approximate surface area is 135 Å². The summed E-state index contributed by atoms with van der Waals surface area (Å²) in [5.74, 6) is 0.887. The molecule has 0 aliphatic heterocycles. The lowest BCUT2D eigenvalue weighted by molar-refractivity contribution is 0.247. The van der Waals surface area contributed by atoms with Crippen molar-refractivity contribution in [2.75, 3.05) is 11.9 Å². The van der Waals surface area contributed by atoms with Crippen LogP contribution in [0.15, 0.2) is 22.7 Å². The molecular formula is C16H24BrClN2. The second-order valence-corrected chi connectivity index (χ2v) is 7.23. The average Bonchev–Trinajstić information content (AvgIpc) is 2.46. The molecule has 0 atom stereocenters. The first kappa shape index (κ1) is 16.1. The van der Waals surface area contributed by atoms with Crippen LogP contribution in [0.1, 0.15) is 45.4 Å².